The molecule has 2 fully saturated rings. The lowest BCUT2D eigenvalue weighted by Crippen LogP contribution is -2.47. The van der Waals surface area contributed by atoms with Gasteiger partial charge in [0.2, 0.25) is 0 Å². The summed E-state index contributed by atoms with van der Waals surface area (Å²) in [6.07, 6.45) is 2.80. The van der Waals surface area contributed by atoms with E-state index in [9.17, 15) is 0 Å². The molecule has 2 aromatic rings. The lowest BCUT2D eigenvalue weighted by molar-refractivity contribution is 0.117. The molecule has 27 heavy (non-hydrogen) atoms. The van der Waals surface area contributed by atoms with Crippen molar-refractivity contribution < 1.29 is 0 Å². The molecule has 4 rings (SSSR count). The summed E-state index contributed by atoms with van der Waals surface area (Å²) < 4.78 is 0. The van der Waals surface area contributed by atoms with Gasteiger partial charge in [0.25, 0.3) is 0 Å². The average molecular weight is 364 g/mol. The molecule has 2 aliphatic heterocycles. The highest BCUT2D eigenvalue weighted by Gasteiger charge is 2.18. The Morgan fingerprint density at radius 2 is 1.30 bits per heavy atom. The van der Waals surface area contributed by atoms with E-state index in [0.717, 1.165) is 6.54 Å². The van der Waals surface area contributed by atoms with Crippen LogP contribution in [0.2, 0.25) is 0 Å². The summed E-state index contributed by atoms with van der Waals surface area (Å²) in [5.74, 6) is 0. The van der Waals surface area contributed by atoms with Crippen LogP contribution in [0.15, 0.2) is 48.5 Å². The molecule has 0 saturated carbocycles. The zero-order chi connectivity index (χ0) is 18.5. The highest BCUT2D eigenvalue weighted by Crippen LogP contribution is 2.22. The molecule has 0 atom stereocenters. The van der Waals surface area contributed by atoms with Crippen molar-refractivity contribution in [1.29, 1.82) is 0 Å². The fourth-order valence-electron chi connectivity index (χ4n) is 4.31. The lowest BCUT2D eigenvalue weighted by atomic mass is 10.0. The minimum absolute atomic E-state index is 1.07. The number of hydrogen-bond donors (Lipinski definition) is 0. The van der Waals surface area contributed by atoms with Crippen molar-refractivity contribution in [2.75, 3.05) is 52.4 Å². The van der Waals surface area contributed by atoms with E-state index < -0.39 is 0 Å². The molecule has 3 heteroatoms. The van der Waals surface area contributed by atoms with Crippen LogP contribution < -0.4 is 0 Å². The molecule has 0 aliphatic carbocycles. The Morgan fingerprint density at radius 1 is 0.667 bits per heavy atom. The molecule has 2 heterocycles. The van der Waals surface area contributed by atoms with Gasteiger partial charge in [-0.25, -0.2) is 0 Å². The highest BCUT2D eigenvalue weighted by atomic mass is 15.3. The Morgan fingerprint density at radius 3 is 2.00 bits per heavy atom. The number of benzene rings is 2. The van der Waals surface area contributed by atoms with Gasteiger partial charge in [0.15, 0.2) is 0 Å². The fourth-order valence-corrected chi connectivity index (χ4v) is 4.31. The summed E-state index contributed by atoms with van der Waals surface area (Å²) in [6, 6.07) is 17.9. The van der Waals surface area contributed by atoms with Gasteiger partial charge in [-0.2, -0.15) is 0 Å². The van der Waals surface area contributed by atoms with Crippen LogP contribution in [0.3, 0.4) is 0 Å². The lowest BCUT2D eigenvalue weighted by Gasteiger charge is -2.35. The Hall–Kier alpha value is -1.68. The van der Waals surface area contributed by atoms with Gasteiger partial charge in [0.1, 0.15) is 0 Å². The van der Waals surface area contributed by atoms with E-state index in [1.165, 1.54) is 87.5 Å². The molecular formula is C24H33N3. The molecule has 2 aromatic carbocycles. The van der Waals surface area contributed by atoms with Crippen molar-refractivity contribution in [3.05, 3.63) is 59.7 Å². The predicted octanol–water partition coefficient (Wildman–Crippen LogP) is 3.88. The molecule has 0 unspecified atom stereocenters. The summed E-state index contributed by atoms with van der Waals surface area (Å²) in [7, 11) is 0. The molecule has 0 bridgehead atoms. The van der Waals surface area contributed by atoms with Gasteiger partial charge in [-0.1, -0.05) is 48.0 Å². The van der Waals surface area contributed by atoms with Crippen molar-refractivity contribution in [1.82, 2.24) is 14.7 Å². The topological polar surface area (TPSA) is 9.72 Å². The molecule has 0 aromatic heterocycles. The molecule has 2 saturated heterocycles. The molecule has 0 N–H and O–H groups in total. The molecule has 0 amide bonds. The number of hydrogen-bond acceptors (Lipinski definition) is 3. The van der Waals surface area contributed by atoms with Gasteiger partial charge >= 0.3 is 0 Å². The third-order valence-corrected chi connectivity index (χ3v) is 6.11. The van der Waals surface area contributed by atoms with Crippen LogP contribution in [0.5, 0.6) is 0 Å². The summed E-state index contributed by atoms with van der Waals surface area (Å²) in [4.78, 5) is 7.89. The van der Waals surface area contributed by atoms with E-state index in [1.54, 1.807) is 0 Å². The summed E-state index contributed by atoms with van der Waals surface area (Å²) in [5, 5.41) is 0. The quantitative estimate of drug-likeness (QED) is 0.771. The Bertz CT molecular complexity index is 711. The first-order chi connectivity index (χ1) is 13.3. The maximum Gasteiger partial charge on any atom is 0.0235 e. The van der Waals surface area contributed by atoms with Crippen LogP contribution in [-0.2, 0) is 6.54 Å². The molecular weight excluding hydrogens is 330 g/mol. The van der Waals surface area contributed by atoms with Crippen LogP contribution in [0.25, 0.3) is 11.1 Å². The van der Waals surface area contributed by atoms with Crippen molar-refractivity contribution in [3.8, 4) is 11.1 Å². The second-order valence-corrected chi connectivity index (χ2v) is 8.23. The van der Waals surface area contributed by atoms with Gasteiger partial charge in [-0.3, -0.25) is 9.80 Å². The van der Waals surface area contributed by atoms with Crippen molar-refractivity contribution in [3.63, 3.8) is 0 Å². The van der Waals surface area contributed by atoms with Crippen LogP contribution in [-0.4, -0.2) is 67.1 Å². The van der Waals surface area contributed by atoms with E-state index in [2.05, 4.69) is 70.2 Å². The molecule has 2 aliphatic rings. The number of rotatable bonds is 6. The van der Waals surface area contributed by atoms with Crippen molar-refractivity contribution in [2.24, 2.45) is 0 Å². The van der Waals surface area contributed by atoms with Crippen LogP contribution >= 0.6 is 0 Å². The van der Waals surface area contributed by atoms with Crippen LogP contribution in [0.4, 0.5) is 0 Å². The van der Waals surface area contributed by atoms with Gasteiger partial charge in [0.05, 0.1) is 0 Å². The monoisotopic (exact) mass is 363 g/mol. The standard InChI is InChI=1S/C24H33N3/c1-21-7-9-23(10-8-21)24-6-4-5-22(19-24)20-27-17-15-26(16-18-27)14-13-25-11-2-3-12-25/h4-10,19H,2-3,11-18,20H2,1H3. The fraction of sp³-hybridized carbons (Fsp3) is 0.500. The SMILES string of the molecule is Cc1ccc(-c2cccc(CN3CCN(CCN4CCCC4)CC3)c2)cc1. The minimum Gasteiger partial charge on any atom is -0.302 e. The normalized spacial score (nSPS) is 19.6. The van der Waals surface area contributed by atoms with Gasteiger partial charge < -0.3 is 4.90 Å². The van der Waals surface area contributed by atoms with Gasteiger partial charge in [-0.15, -0.1) is 0 Å². The van der Waals surface area contributed by atoms with Crippen LogP contribution in [0.1, 0.15) is 24.0 Å². The minimum atomic E-state index is 1.07. The van der Waals surface area contributed by atoms with E-state index in [1.807, 2.05) is 0 Å². The predicted molar refractivity (Wildman–Crippen MR) is 114 cm³/mol. The van der Waals surface area contributed by atoms with Gasteiger partial charge in [-0.05, 0) is 55.6 Å². The third-order valence-electron chi connectivity index (χ3n) is 6.11. The zero-order valence-electron chi connectivity index (χ0n) is 16.7. The zero-order valence-corrected chi connectivity index (χ0v) is 16.7. The second kappa shape index (κ2) is 9.01. The highest BCUT2D eigenvalue weighted by molar-refractivity contribution is 5.64. The van der Waals surface area contributed by atoms with Crippen LogP contribution in [0, 0.1) is 6.92 Å². The molecule has 3 nitrogen and oxygen atoms in total. The number of aryl methyl sites for hydroxylation is 1. The first kappa shape index (κ1) is 18.7. The molecule has 0 spiro atoms. The Kier molecular flexibility index (Phi) is 6.23. The van der Waals surface area contributed by atoms with Gasteiger partial charge in [0, 0.05) is 45.8 Å². The Balaban J connectivity index is 1.27. The van der Waals surface area contributed by atoms with E-state index >= 15 is 0 Å². The maximum atomic E-state index is 2.65. The third kappa shape index (κ3) is 5.19. The summed E-state index contributed by atoms with van der Waals surface area (Å²) in [5.41, 5.74) is 5.39. The summed E-state index contributed by atoms with van der Waals surface area (Å²) >= 11 is 0. The molecule has 0 radical (unpaired) electrons. The Labute approximate surface area is 164 Å². The van der Waals surface area contributed by atoms with Crippen molar-refractivity contribution >= 4 is 0 Å². The molecule has 144 valence electrons. The second-order valence-electron chi connectivity index (χ2n) is 8.23. The van der Waals surface area contributed by atoms with Crippen molar-refractivity contribution in [2.45, 2.75) is 26.3 Å². The van der Waals surface area contributed by atoms with E-state index in [4.69, 9.17) is 0 Å². The van der Waals surface area contributed by atoms with E-state index in [0.29, 0.717) is 0 Å². The number of piperazine rings is 1. The van der Waals surface area contributed by atoms with E-state index in [-0.39, 0.29) is 0 Å². The summed E-state index contributed by atoms with van der Waals surface area (Å²) in [6.45, 7) is 13.2. The largest absolute Gasteiger partial charge is 0.302 e. The number of nitrogens with zero attached hydrogens (tertiary/aromatic N) is 3. The smallest absolute Gasteiger partial charge is 0.0235 e. The number of likely N-dealkylation sites (tertiary alicyclic amines) is 1. The first-order valence-electron chi connectivity index (χ1n) is 10.6. The first-order valence-corrected chi connectivity index (χ1v) is 10.6. The maximum absolute atomic E-state index is 2.65. The average Bonchev–Trinajstić information content (AvgIpc) is 3.22.